The first-order valence-electron chi connectivity index (χ1n) is 7.72. The summed E-state index contributed by atoms with van der Waals surface area (Å²) in [6.07, 6.45) is 4.77. The molecule has 3 atom stereocenters. The molecular weight excluding hydrogens is 294 g/mol. The fraction of sp³-hybridized carbons (Fsp3) is 0.412. The van der Waals surface area contributed by atoms with E-state index in [2.05, 4.69) is 46.9 Å². The Morgan fingerprint density at radius 1 is 1.39 bits per heavy atom. The quantitative estimate of drug-likeness (QED) is 0.786. The molecule has 23 heavy (non-hydrogen) atoms. The van der Waals surface area contributed by atoms with E-state index in [0.717, 1.165) is 12.5 Å². The van der Waals surface area contributed by atoms with Crippen LogP contribution in [0.1, 0.15) is 31.4 Å². The van der Waals surface area contributed by atoms with Gasteiger partial charge in [0.15, 0.2) is 0 Å². The second kappa shape index (κ2) is 7.78. The van der Waals surface area contributed by atoms with Gasteiger partial charge >= 0.3 is 6.16 Å². The first-order valence-corrected chi connectivity index (χ1v) is 7.72. The molecule has 0 radical (unpaired) electrons. The Morgan fingerprint density at radius 3 is 2.65 bits per heavy atom. The van der Waals surface area contributed by atoms with Crippen LogP contribution in [0.15, 0.2) is 42.9 Å². The highest BCUT2D eigenvalue weighted by molar-refractivity contribution is 5.53. The van der Waals surface area contributed by atoms with Crippen molar-refractivity contribution in [1.29, 1.82) is 0 Å². The molecule has 1 heterocycles. The third-order valence-corrected chi connectivity index (χ3v) is 4.07. The minimum Gasteiger partial charge on any atom is -0.450 e. The first-order chi connectivity index (χ1) is 11.0. The summed E-state index contributed by atoms with van der Waals surface area (Å²) in [6, 6.07) is 10.3. The molecule has 3 unspecified atom stereocenters. The number of rotatable bonds is 5. The zero-order valence-electron chi connectivity index (χ0n) is 13.2. The van der Waals surface area contributed by atoms with Gasteiger partial charge in [0.1, 0.15) is 0 Å². The van der Waals surface area contributed by atoms with E-state index >= 15 is 0 Å². The van der Waals surface area contributed by atoms with Gasteiger partial charge in [-0.15, -0.1) is 0 Å². The van der Waals surface area contributed by atoms with Crippen LogP contribution in [0.2, 0.25) is 0 Å². The van der Waals surface area contributed by atoms with E-state index < -0.39 is 6.16 Å². The van der Waals surface area contributed by atoms with E-state index in [1.807, 2.05) is 12.4 Å². The number of aromatic nitrogens is 2. The van der Waals surface area contributed by atoms with Gasteiger partial charge in [-0.05, 0) is 43.4 Å². The van der Waals surface area contributed by atoms with Crippen LogP contribution in [0.3, 0.4) is 0 Å². The molecule has 1 aliphatic carbocycles. The van der Waals surface area contributed by atoms with Crippen LogP contribution in [0.25, 0.3) is 5.69 Å². The molecule has 1 aliphatic rings. The summed E-state index contributed by atoms with van der Waals surface area (Å²) in [5.74, 6) is 2.07. The maximum absolute atomic E-state index is 8.56. The number of imidazole rings is 1. The zero-order chi connectivity index (χ0) is 16.8. The van der Waals surface area contributed by atoms with Crippen LogP contribution in [0.5, 0.6) is 0 Å². The van der Waals surface area contributed by atoms with Crippen LogP contribution in [-0.4, -0.2) is 32.5 Å². The predicted molar refractivity (Wildman–Crippen MR) is 87.9 cm³/mol. The lowest BCUT2D eigenvalue weighted by molar-refractivity contribution is 0.137. The van der Waals surface area contributed by atoms with Gasteiger partial charge in [0.2, 0.25) is 0 Å². The SMILES string of the molecule is CC(CN)CC1CC1c1cn(-c2ccccc2)cn1.O=C(O)O. The smallest absolute Gasteiger partial charge is 0.450 e. The van der Waals surface area contributed by atoms with Gasteiger partial charge in [-0.1, -0.05) is 25.1 Å². The Balaban J connectivity index is 0.000000433. The Labute approximate surface area is 135 Å². The molecule has 6 nitrogen and oxygen atoms in total. The van der Waals surface area contributed by atoms with Crippen molar-refractivity contribution in [2.24, 2.45) is 17.6 Å². The highest BCUT2D eigenvalue weighted by atomic mass is 16.6. The fourth-order valence-electron chi connectivity index (χ4n) is 2.75. The highest BCUT2D eigenvalue weighted by Gasteiger charge is 2.40. The van der Waals surface area contributed by atoms with Crippen LogP contribution in [0, 0.1) is 11.8 Å². The minimum absolute atomic E-state index is 0.631. The number of para-hydroxylation sites is 1. The van der Waals surface area contributed by atoms with Crippen molar-refractivity contribution in [2.75, 3.05) is 6.54 Å². The van der Waals surface area contributed by atoms with Gasteiger partial charge in [-0.2, -0.15) is 0 Å². The van der Waals surface area contributed by atoms with E-state index in [0.29, 0.717) is 11.8 Å². The van der Waals surface area contributed by atoms with Crippen molar-refractivity contribution in [3.63, 3.8) is 0 Å². The molecule has 3 rings (SSSR count). The van der Waals surface area contributed by atoms with Gasteiger partial charge in [0.25, 0.3) is 0 Å². The third kappa shape index (κ3) is 5.10. The Kier molecular flexibility index (Phi) is 5.76. The summed E-state index contributed by atoms with van der Waals surface area (Å²) < 4.78 is 2.11. The molecule has 0 amide bonds. The Bertz CT molecular complexity index is 623. The van der Waals surface area contributed by atoms with Crippen molar-refractivity contribution in [2.45, 2.75) is 25.7 Å². The van der Waals surface area contributed by atoms with E-state index in [1.54, 1.807) is 0 Å². The van der Waals surface area contributed by atoms with Gasteiger partial charge in [0.05, 0.1) is 12.0 Å². The number of nitrogens with two attached hydrogens (primary N) is 1. The summed E-state index contributed by atoms with van der Waals surface area (Å²) in [5, 5.41) is 13.9. The van der Waals surface area contributed by atoms with E-state index in [9.17, 15) is 0 Å². The van der Waals surface area contributed by atoms with Crippen molar-refractivity contribution in [3.05, 3.63) is 48.5 Å². The summed E-state index contributed by atoms with van der Waals surface area (Å²) in [7, 11) is 0. The number of hydrogen-bond acceptors (Lipinski definition) is 3. The summed E-state index contributed by atoms with van der Waals surface area (Å²) in [5.41, 5.74) is 8.10. The van der Waals surface area contributed by atoms with E-state index in [-0.39, 0.29) is 0 Å². The number of nitrogens with zero attached hydrogens (tertiary/aromatic N) is 2. The largest absolute Gasteiger partial charge is 0.503 e. The monoisotopic (exact) mass is 317 g/mol. The maximum atomic E-state index is 8.56. The lowest BCUT2D eigenvalue weighted by Crippen LogP contribution is -2.11. The molecule has 124 valence electrons. The first kappa shape index (κ1) is 17.0. The Hall–Kier alpha value is -2.34. The molecule has 2 aromatic rings. The number of carboxylic acid groups (broad SMARTS) is 2. The lowest BCUT2D eigenvalue weighted by Gasteiger charge is -2.06. The van der Waals surface area contributed by atoms with Gasteiger partial charge in [-0.25, -0.2) is 9.78 Å². The number of benzene rings is 1. The van der Waals surface area contributed by atoms with Crippen LogP contribution in [0.4, 0.5) is 4.79 Å². The van der Waals surface area contributed by atoms with Crippen LogP contribution >= 0.6 is 0 Å². The number of carbonyl (C=O) groups is 1. The van der Waals surface area contributed by atoms with E-state index in [4.69, 9.17) is 20.7 Å². The van der Waals surface area contributed by atoms with Crippen LogP contribution in [-0.2, 0) is 0 Å². The molecule has 1 aromatic heterocycles. The van der Waals surface area contributed by atoms with Gasteiger partial charge < -0.3 is 20.5 Å². The second-order valence-corrected chi connectivity index (χ2v) is 6.00. The zero-order valence-corrected chi connectivity index (χ0v) is 13.2. The third-order valence-electron chi connectivity index (χ3n) is 4.07. The molecule has 0 saturated heterocycles. The average molecular weight is 317 g/mol. The fourth-order valence-corrected chi connectivity index (χ4v) is 2.75. The lowest BCUT2D eigenvalue weighted by atomic mass is 10.0. The van der Waals surface area contributed by atoms with Crippen molar-refractivity contribution in [1.82, 2.24) is 9.55 Å². The summed E-state index contributed by atoms with van der Waals surface area (Å²) in [4.78, 5) is 13.1. The minimum atomic E-state index is -1.83. The molecular formula is C17H23N3O3. The standard InChI is InChI=1S/C16H21N3.CH2O3/c1-12(9-17)7-13-8-15(13)16-10-19(11-18-16)14-5-3-2-4-6-14;2-1(3)4/h2-6,10-13,15H,7-9,17H2,1H3;(H2,2,3,4). The molecule has 0 bridgehead atoms. The Morgan fingerprint density at radius 2 is 2.04 bits per heavy atom. The molecule has 1 aromatic carbocycles. The molecule has 1 saturated carbocycles. The molecule has 0 aliphatic heterocycles. The van der Waals surface area contributed by atoms with Gasteiger partial charge in [0, 0.05) is 17.8 Å². The van der Waals surface area contributed by atoms with Crippen molar-refractivity contribution < 1.29 is 15.0 Å². The molecule has 0 spiro atoms. The number of hydrogen-bond donors (Lipinski definition) is 3. The van der Waals surface area contributed by atoms with Crippen LogP contribution < -0.4 is 5.73 Å². The second-order valence-electron chi connectivity index (χ2n) is 6.00. The maximum Gasteiger partial charge on any atom is 0.503 e. The van der Waals surface area contributed by atoms with Gasteiger partial charge in [-0.3, -0.25) is 0 Å². The topological polar surface area (TPSA) is 101 Å². The normalized spacial score (nSPS) is 20.3. The average Bonchev–Trinajstić information content (AvgIpc) is 3.11. The molecule has 1 fully saturated rings. The molecule has 6 heteroatoms. The van der Waals surface area contributed by atoms with E-state index in [1.165, 1.54) is 24.2 Å². The summed E-state index contributed by atoms with van der Waals surface area (Å²) in [6.45, 7) is 3.03. The van der Waals surface area contributed by atoms with Crippen molar-refractivity contribution >= 4 is 6.16 Å². The highest BCUT2D eigenvalue weighted by Crippen LogP contribution is 2.50. The van der Waals surface area contributed by atoms with Crippen molar-refractivity contribution in [3.8, 4) is 5.69 Å². The summed E-state index contributed by atoms with van der Waals surface area (Å²) >= 11 is 0. The predicted octanol–water partition coefficient (Wildman–Crippen LogP) is 3.18. The molecule has 4 N–H and O–H groups in total.